The van der Waals surface area contributed by atoms with Crippen molar-refractivity contribution < 1.29 is 9.59 Å². The summed E-state index contributed by atoms with van der Waals surface area (Å²) in [5.74, 6) is -0.572. The van der Waals surface area contributed by atoms with E-state index in [-0.39, 0.29) is 36.0 Å². The Morgan fingerprint density at radius 2 is 0.615 bits per heavy atom. The third-order valence-electron chi connectivity index (χ3n) is 6.00. The summed E-state index contributed by atoms with van der Waals surface area (Å²) >= 11 is 0. The molecule has 0 unspecified atom stereocenters. The minimum atomic E-state index is -0.286. The van der Waals surface area contributed by atoms with Crippen LogP contribution < -0.4 is 0 Å². The fourth-order valence-electron chi connectivity index (χ4n) is 4.21. The number of hydrogen-bond acceptors (Lipinski definition) is 2. The summed E-state index contributed by atoms with van der Waals surface area (Å²) < 4.78 is 0. The lowest BCUT2D eigenvalue weighted by Crippen LogP contribution is -2.57. The summed E-state index contributed by atoms with van der Waals surface area (Å²) in [5, 5.41) is 0. The van der Waals surface area contributed by atoms with Crippen LogP contribution in [0.3, 0.4) is 0 Å². The van der Waals surface area contributed by atoms with Crippen molar-refractivity contribution in [3.05, 3.63) is 0 Å². The van der Waals surface area contributed by atoms with Gasteiger partial charge in [-0.3, -0.25) is 9.59 Å². The van der Waals surface area contributed by atoms with E-state index in [1.807, 2.05) is 9.80 Å². The minimum Gasteiger partial charge on any atom is -0.329 e. The van der Waals surface area contributed by atoms with Crippen LogP contribution in [-0.2, 0) is 9.59 Å². The van der Waals surface area contributed by atoms with Crippen molar-refractivity contribution in [1.82, 2.24) is 9.80 Å². The van der Waals surface area contributed by atoms with Gasteiger partial charge in [-0.15, -0.1) is 0 Å². The summed E-state index contributed by atoms with van der Waals surface area (Å²) in [6.07, 6.45) is 7.13. The first kappa shape index (κ1) is 24.9. The maximum absolute atomic E-state index is 13.4. The predicted molar refractivity (Wildman–Crippen MR) is 111 cm³/mol. The highest BCUT2D eigenvalue weighted by atomic mass is 16.2. The standard InChI is InChI=1S/C22H44N2O2/c1-9-17(10-2)23(18(11-3)12-4)21(25)22(26)24(19(13-5)14-6)20(15-7)16-8/h17-20H,9-16H2,1-8H3. The largest absolute Gasteiger partial charge is 0.329 e. The quantitative estimate of drug-likeness (QED) is 0.433. The molecule has 0 heterocycles. The second-order valence-electron chi connectivity index (χ2n) is 7.31. The van der Waals surface area contributed by atoms with E-state index in [1.165, 1.54) is 0 Å². The molecule has 0 aliphatic heterocycles. The van der Waals surface area contributed by atoms with E-state index >= 15 is 0 Å². The van der Waals surface area contributed by atoms with Gasteiger partial charge in [0.1, 0.15) is 0 Å². The summed E-state index contributed by atoms with van der Waals surface area (Å²) in [6, 6.07) is 0.562. The molecule has 154 valence electrons. The van der Waals surface area contributed by atoms with Crippen LogP contribution >= 0.6 is 0 Å². The highest BCUT2D eigenvalue weighted by molar-refractivity contribution is 6.35. The smallest absolute Gasteiger partial charge is 0.312 e. The lowest BCUT2D eigenvalue weighted by molar-refractivity contribution is -0.158. The van der Waals surface area contributed by atoms with E-state index in [0.717, 1.165) is 51.4 Å². The van der Waals surface area contributed by atoms with Gasteiger partial charge in [-0.2, -0.15) is 0 Å². The minimum absolute atomic E-state index is 0.140. The third-order valence-corrected chi connectivity index (χ3v) is 6.00. The Labute approximate surface area is 162 Å². The van der Waals surface area contributed by atoms with E-state index in [4.69, 9.17) is 0 Å². The zero-order valence-corrected chi connectivity index (χ0v) is 18.7. The van der Waals surface area contributed by atoms with Crippen LogP contribution in [0.1, 0.15) is 107 Å². The average molecular weight is 369 g/mol. The zero-order chi connectivity index (χ0) is 20.3. The Morgan fingerprint density at radius 3 is 0.731 bits per heavy atom. The predicted octanol–water partition coefficient (Wildman–Crippen LogP) is 5.40. The molecule has 2 amide bonds. The van der Waals surface area contributed by atoms with E-state index < -0.39 is 0 Å². The van der Waals surface area contributed by atoms with Crippen molar-refractivity contribution in [3.63, 3.8) is 0 Å². The van der Waals surface area contributed by atoms with Crippen molar-refractivity contribution in [2.75, 3.05) is 0 Å². The lowest BCUT2D eigenvalue weighted by atomic mass is 10.0. The van der Waals surface area contributed by atoms with Gasteiger partial charge in [0.05, 0.1) is 0 Å². The van der Waals surface area contributed by atoms with Gasteiger partial charge in [0, 0.05) is 24.2 Å². The van der Waals surface area contributed by atoms with Crippen LogP contribution in [0.25, 0.3) is 0 Å². The van der Waals surface area contributed by atoms with Crippen molar-refractivity contribution in [3.8, 4) is 0 Å². The van der Waals surface area contributed by atoms with Gasteiger partial charge in [0.15, 0.2) is 0 Å². The molecule has 0 radical (unpaired) electrons. The average Bonchev–Trinajstić information content (AvgIpc) is 2.67. The molecule has 26 heavy (non-hydrogen) atoms. The molecule has 0 N–H and O–H groups in total. The monoisotopic (exact) mass is 368 g/mol. The lowest BCUT2D eigenvalue weighted by Gasteiger charge is -2.41. The molecule has 0 atom stereocenters. The van der Waals surface area contributed by atoms with Gasteiger partial charge in [-0.25, -0.2) is 0 Å². The van der Waals surface area contributed by atoms with Crippen LogP contribution in [0.2, 0.25) is 0 Å². The van der Waals surface area contributed by atoms with Gasteiger partial charge in [0.2, 0.25) is 0 Å². The molecular formula is C22H44N2O2. The highest BCUT2D eigenvalue weighted by Gasteiger charge is 2.37. The number of carbonyl (C=O) groups is 2. The van der Waals surface area contributed by atoms with Crippen LogP contribution in [0.15, 0.2) is 0 Å². The molecule has 0 aromatic rings. The maximum Gasteiger partial charge on any atom is 0.312 e. The van der Waals surface area contributed by atoms with Crippen molar-refractivity contribution in [2.45, 2.75) is 131 Å². The van der Waals surface area contributed by atoms with Crippen molar-refractivity contribution in [2.24, 2.45) is 0 Å². The van der Waals surface area contributed by atoms with Gasteiger partial charge in [0.25, 0.3) is 0 Å². The van der Waals surface area contributed by atoms with Gasteiger partial charge >= 0.3 is 11.8 Å². The number of hydrogen-bond donors (Lipinski definition) is 0. The molecule has 0 saturated carbocycles. The second kappa shape index (κ2) is 13.2. The fourth-order valence-corrected chi connectivity index (χ4v) is 4.21. The topological polar surface area (TPSA) is 40.6 Å². The normalized spacial score (nSPS) is 11.7. The van der Waals surface area contributed by atoms with Crippen LogP contribution in [0.4, 0.5) is 0 Å². The first-order chi connectivity index (χ1) is 12.4. The summed E-state index contributed by atoms with van der Waals surface area (Å²) in [7, 11) is 0. The van der Waals surface area contributed by atoms with E-state index in [9.17, 15) is 9.59 Å². The van der Waals surface area contributed by atoms with E-state index in [0.29, 0.717) is 0 Å². The second-order valence-corrected chi connectivity index (χ2v) is 7.31. The van der Waals surface area contributed by atoms with E-state index in [2.05, 4.69) is 55.4 Å². The Hall–Kier alpha value is -1.06. The van der Waals surface area contributed by atoms with E-state index in [1.54, 1.807) is 0 Å². The molecule has 0 rings (SSSR count). The molecule has 0 aliphatic carbocycles. The van der Waals surface area contributed by atoms with Crippen LogP contribution in [0, 0.1) is 0 Å². The van der Waals surface area contributed by atoms with Crippen molar-refractivity contribution in [1.29, 1.82) is 0 Å². The number of carbonyl (C=O) groups excluding carboxylic acids is 2. The molecule has 0 spiro atoms. The molecule has 0 fully saturated rings. The molecule has 0 aromatic carbocycles. The Bertz CT molecular complexity index is 333. The highest BCUT2D eigenvalue weighted by Crippen LogP contribution is 2.23. The molecular weight excluding hydrogens is 324 g/mol. The Kier molecular flexibility index (Phi) is 12.6. The molecule has 0 saturated heterocycles. The first-order valence-electron chi connectivity index (χ1n) is 11.1. The summed E-state index contributed by atoms with van der Waals surface area (Å²) in [4.78, 5) is 30.7. The van der Waals surface area contributed by atoms with Crippen LogP contribution in [-0.4, -0.2) is 45.8 Å². The molecule has 4 nitrogen and oxygen atoms in total. The Balaban J connectivity index is 5.91. The van der Waals surface area contributed by atoms with Crippen LogP contribution in [0.5, 0.6) is 0 Å². The van der Waals surface area contributed by atoms with Gasteiger partial charge in [-0.05, 0) is 51.4 Å². The fraction of sp³-hybridized carbons (Fsp3) is 0.909. The zero-order valence-electron chi connectivity index (χ0n) is 18.7. The SMILES string of the molecule is CCC(CC)N(C(=O)C(=O)N(C(CC)CC)C(CC)CC)C(CC)CC. The number of rotatable bonds is 12. The molecule has 0 bridgehead atoms. The third kappa shape index (κ3) is 5.99. The number of amides is 2. The van der Waals surface area contributed by atoms with Gasteiger partial charge in [-0.1, -0.05) is 55.4 Å². The van der Waals surface area contributed by atoms with Gasteiger partial charge < -0.3 is 9.80 Å². The molecule has 0 aromatic heterocycles. The van der Waals surface area contributed by atoms with Crippen molar-refractivity contribution >= 4 is 11.8 Å². The Morgan fingerprint density at radius 1 is 0.462 bits per heavy atom. The maximum atomic E-state index is 13.4. The first-order valence-corrected chi connectivity index (χ1v) is 11.1. The molecule has 4 heteroatoms. The molecule has 0 aliphatic rings. The number of nitrogens with zero attached hydrogens (tertiary/aromatic N) is 2. The summed E-state index contributed by atoms with van der Waals surface area (Å²) in [5.41, 5.74) is 0. The summed E-state index contributed by atoms with van der Waals surface area (Å²) in [6.45, 7) is 16.9.